The van der Waals surface area contributed by atoms with Crippen molar-refractivity contribution >= 4 is 34.8 Å². The van der Waals surface area contributed by atoms with Gasteiger partial charge in [0.2, 0.25) is 17.7 Å². The summed E-state index contributed by atoms with van der Waals surface area (Å²) in [7, 11) is 0. The first-order chi connectivity index (χ1) is 13.8. The van der Waals surface area contributed by atoms with Gasteiger partial charge in [-0.2, -0.15) is 0 Å². The van der Waals surface area contributed by atoms with Gasteiger partial charge in [0, 0.05) is 43.5 Å². The molecule has 0 spiro atoms. The molecule has 7 heteroatoms. The van der Waals surface area contributed by atoms with Gasteiger partial charge in [-0.3, -0.25) is 14.4 Å². The monoisotopic (exact) mass is 395 g/mol. The highest BCUT2D eigenvalue weighted by Gasteiger charge is 2.36. The van der Waals surface area contributed by atoms with Crippen LogP contribution in [0, 0.1) is 18.7 Å². The van der Waals surface area contributed by atoms with Gasteiger partial charge in [0.25, 0.3) is 0 Å². The summed E-state index contributed by atoms with van der Waals surface area (Å²) in [6, 6.07) is 10.0. The van der Waals surface area contributed by atoms with Crippen molar-refractivity contribution in [3.8, 4) is 0 Å². The second-order valence-electron chi connectivity index (χ2n) is 7.59. The fourth-order valence-electron chi connectivity index (χ4n) is 3.98. The van der Waals surface area contributed by atoms with Gasteiger partial charge < -0.3 is 15.1 Å². The maximum Gasteiger partial charge on any atom is 0.229 e. The van der Waals surface area contributed by atoms with Gasteiger partial charge in [-0.15, -0.1) is 0 Å². The van der Waals surface area contributed by atoms with E-state index in [4.69, 9.17) is 0 Å². The number of nitrogens with one attached hydrogen (secondary N) is 1. The number of aryl methyl sites for hydroxylation is 1. The van der Waals surface area contributed by atoms with Gasteiger partial charge in [0.05, 0.1) is 5.92 Å². The van der Waals surface area contributed by atoms with Gasteiger partial charge >= 0.3 is 0 Å². The first kappa shape index (κ1) is 19.1. The van der Waals surface area contributed by atoms with Crippen LogP contribution < -0.4 is 15.1 Å². The molecule has 0 unspecified atom stereocenters. The fourth-order valence-corrected chi connectivity index (χ4v) is 3.98. The van der Waals surface area contributed by atoms with Gasteiger partial charge in [-0.1, -0.05) is 0 Å². The van der Waals surface area contributed by atoms with E-state index < -0.39 is 5.92 Å². The topological polar surface area (TPSA) is 69.7 Å². The molecule has 150 valence electrons. The van der Waals surface area contributed by atoms with E-state index in [0.717, 1.165) is 23.4 Å². The second-order valence-corrected chi connectivity index (χ2v) is 7.59. The number of anilines is 3. The molecule has 0 bridgehead atoms. The lowest BCUT2D eigenvalue weighted by atomic mass is 10.1. The second kappa shape index (κ2) is 7.31. The SMILES string of the molecule is CC(=O)N1CCc2cc(N3C[C@@H](C(=O)Nc4ccc(F)c(C)c4)CC3=O)ccc21. The average molecular weight is 395 g/mol. The molecule has 2 aliphatic rings. The van der Waals surface area contributed by atoms with Crippen LogP contribution in [-0.4, -0.2) is 30.8 Å². The minimum Gasteiger partial charge on any atom is -0.326 e. The zero-order valence-corrected chi connectivity index (χ0v) is 16.4. The first-order valence-electron chi connectivity index (χ1n) is 9.62. The van der Waals surface area contributed by atoms with Crippen molar-refractivity contribution in [3.63, 3.8) is 0 Å². The predicted octanol–water partition coefficient (Wildman–Crippen LogP) is 3.03. The standard InChI is InChI=1S/C22H22FN3O3/c1-13-9-17(3-5-19(13)23)24-22(29)16-11-21(28)26(12-16)18-4-6-20-15(10-18)7-8-25(20)14(2)27/h3-6,9-10,16H,7-8,11-12H2,1-2H3,(H,24,29)/t16-/m0/s1. The van der Waals surface area contributed by atoms with E-state index in [2.05, 4.69) is 5.32 Å². The van der Waals surface area contributed by atoms with Gasteiger partial charge in [0.15, 0.2) is 0 Å². The molecule has 29 heavy (non-hydrogen) atoms. The van der Waals surface area contributed by atoms with E-state index in [1.807, 2.05) is 18.2 Å². The van der Waals surface area contributed by atoms with E-state index in [-0.39, 0.29) is 30.0 Å². The molecule has 6 nitrogen and oxygen atoms in total. The summed E-state index contributed by atoms with van der Waals surface area (Å²) in [6.45, 7) is 4.11. The number of hydrogen-bond donors (Lipinski definition) is 1. The molecule has 3 amide bonds. The number of fused-ring (bicyclic) bond motifs is 1. The van der Waals surface area contributed by atoms with Gasteiger partial charge in [-0.25, -0.2) is 4.39 Å². The molecule has 2 aromatic rings. The van der Waals surface area contributed by atoms with E-state index in [1.165, 1.54) is 12.1 Å². The van der Waals surface area contributed by atoms with Crippen molar-refractivity contribution in [2.75, 3.05) is 28.2 Å². The summed E-state index contributed by atoms with van der Waals surface area (Å²) in [5.41, 5.74) is 3.62. The molecule has 0 aromatic heterocycles. The van der Waals surface area contributed by atoms with Crippen molar-refractivity contribution < 1.29 is 18.8 Å². The third kappa shape index (κ3) is 3.60. The van der Waals surface area contributed by atoms with Gasteiger partial charge in [0.1, 0.15) is 5.82 Å². The van der Waals surface area contributed by atoms with Crippen molar-refractivity contribution in [2.24, 2.45) is 5.92 Å². The lowest BCUT2D eigenvalue weighted by Crippen LogP contribution is -2.28. The highest BCUT2D eigenvalue weighted by molar-refractivity contribution is 6.04. The van der Waals surface area contributed by atoms with Crippen LogP contribution in [0.3, 0.4) is 0 Å². The molecular weight excluding hydrogens is 373 g/mol. The van der Waals surface area contributed by atoms with Gasteiger partial charge in [-0.05, 0) is 60.9 Å². The van der Waals surface area contributed by atoms with Crippen molar-refractivity contribution in [3.05, 3.63) is 53.3 Å². The molecule has 0 radical (unpaired) electrons. The van der Waals surface area contributed by atoms with E-state index in [0.29, 0.717) is 24.3 Å². The number of rotatable bonds is 3. The third-order valence-corrected chi connectivity index (χ3v) is 5.57. The summed E-state index contributed by atoms with van der Waals surface area (Å²) in [4.78, 5) is 40.2. The summed E-state index contributed by atoms with van der Waals surface area (Å²) in [6.07, 6.45) is 0.876. The highest BCUT2D eigenvalue weighted by Crippen LogP contribution is 2.34. The smallest absolute Gasteiger partial charge is 0.229 e. The number of carbonyl (C=O) groups is 3. The Morgan fingerprint density at radius 1 is 1.17 bits per heavy atom. The molecule has 2 aromatic carbocycles. The number of carbonyl (C=O) groups excluding carboxylic acids is 3. The van der Waals surface area contributed by atoms with Crippen LogP contribution in [0.15, 0.2) is 36.4 Å². The molecule has 1 fully saturated rings. The molecule has 1 atom stereocenters. The highest BCUT2D eigenvalue weighted by atomic mass is 19.1. The lowest BCUT2D eigenvalue weighted by molar-refractivity contribution is -0.122. The number of hydrogen-bond acceptors (Lipinski definition) is 3. The lowest BCUT2D eigenvalue weighted by Gasteiger charge is -2.19. The fraction of sp³-hybridized carbons (Fsp3) is 0.318. The van der Waals surface area contributed by atoms with Crippen molar-refractivity contribution in [1.82, 2.24) is 0 Å². The summed E-state index contributed by atoms with van der Waals surface area (Å²) in [5.74, 6) is -1.17. The van der Waals surface area contributed by atoms with Crippen LogP contribution in [-0.2, 0) is 20.8 Å². The van der Waals surface area contributed by atoms with Crippen molar-refractivity contribution in [1.29, 1.82) is 0 Å². The maximum absolute atomic E-state index is 13.4. The summed E-state index contributed by atoms with van der Waals surface area (Å²) in [5, 5.41) is 2.78. The third-order valence-electron chi connectivity index (χ3n) is 5.57. The Balaban J connectivity index is 1.47. The van der Waals surface area contributed by atoms with Crippen LogP contribution >= 0.6 is 0 Å². The van der Waals surface area contributed by atoms with E-state index in [1.54, 1.807) is 29.7 Å². The van der Waals surface area contributed by atoms with Crippen molar-refractivity contribution in [2.45, 2.75) is 26.7 Å². The molecular formula is C22H22FN3O3. The Labute approximate surface area is 168 Å². The first-order valence-corrected chi connectivity index (χ1v) is 9.62. The van der Waals surface area contributed by atoms with Crippen LogP contribution in [0.1, 0.15) is 24.5 Å². The Bertz CT molecular complexity index is 1020. The Hall–Kier alpha value is -3.22. The van der Waals surface area contributed by atoms with Crippen LogP contribution in [0.4, 0.5) is 21.5 Å². The summed E-state index contributed by atoms with van der Waals surface area (Å²) < 4.78 is 13.4. The number of halogens is 1. The zero-order chi connectivity index (χ0) is 20.7. The Morgan fingerprint density at radius 2 is 1.97 bits per heavy atom. The largest absolute Gasteiger partial charge is 0.326 e. The maximum atomic E-state index is 13.4. The quantitative estimate of drug-likeness (QED) is 0.869. The molecule has 2 heterocycles. The normalized spacial score (nSPS) is 18.2. The average Bonchev–Trinajstić information content (AvgIpc) is 3.27. The number of nitrogens with zero attached hydrogens (tertiary/aromatic N) is 2. The van der Waals surface area contributed by atoms with E-state index >= 15 is 0 Å². The number of amides is 3. The molecule has 0 aliphatic carbocycles. The molecule has 1 saturated heterocycles. The molecule has 2 aliphatic heterocycles. The van der Waals surface area contributed by atoms with Crippen LogP contribution in [0.25, 0.3) is 0 Å². The predicted molar refractivity (Wildman–Crippen MR) is 108 cm³/mol. The zero-order valence-electron chi connectivity index (χ0n) is 16.4. The van der Waals surface area contributed by atoms with Crippen LogP contribution in [0.5, 0.6) is 0 Å². The molecule has 4 rings (SSSR count). The minimum atomic E-state index is -0.477. The Kier molecular flexibility index (Phi) is 4.82. The van der Waals surface area contributed by atoms with Crippen LogP contribution in [0.2, 0.25) is 0 Å². The summed E-state index contributed by atoms with van der Waals surface area (Å²) >= 11 is 0. The number of benzene rings is 2. The van der Waals surface area contributed by atoms with E-state index in [9.17, 15) is 18.8 Å². The molecule has 0 saturated carbocycles. The molecule has 1 N–H and O–H groups in total. The Morgan fingerprint density at radius 3 is 2.69 bits per heavy atom. The minimum absolute atomic E-state index is 0.00140.